The van der Waals surface area contributed by atoms with E-state index in [9.17, 15) is 0 Å². The van der Waals surface area contributed by atoms with E-state index in [4.69, 9.17) is 5.14 Å². The van der Waals surface area contributed by atoms with Crippen molar-refractivity contribution in [2.75, 3.05) is 0 Å². The van der Waals surface area contributed by atoms with Crippen LogP contribution in [-0.4, -0.2) is 0 Å². The summed E-state index contributed by atoms with van der Waals surface area (Å²) in [6.07, 6.45) is 0. The van der Waals surface area contributed by atoms with Gasteiger partial charge in [-0.3, -0.25) is 5.14 Å². The average Bonchev–Trinajstić information content (AvgIpc) is 1.94. The van der Waals surface area contributed by atoms with Crippen LogP contribution >= 0.6 is 27.9 Å². The van der Waals surface area contributed by atoms with Crippen LogP contribution in [0.1, 0.15) is 5.56 Å². The van der Waals surface area contributed by atoms with Gasteiger partial charge in [0.15, 0.2) is 0 Å². The Bertz CT molecular complexity index is 237. The van der Waals surface area contributed by atoms with E-state index in [0.29, 0.717) is 0 Å². The molecule has 0 saturated carbocycles. The number of rotatable bonds is 1. The third-order valence-electron chi connectivity index (χ3n) is 1.28. The molecule has 0 atom stereocenters. The quantitative estimate of drug-likeness (QED) is 0.733. The largest absolute Gasteiger partial charge is 0.274 e. The summed E-state index contributed by atoms with van der Waals surface area (Å²) in [6.45, 7) is 2.04. The molecule has 0 aliphatic heterocycles. The van der Waals surface area contributed by atoms with Crippen molar-refractivity contribution in [2.24, 2.45) is 5.14 Å². The number of halogens is 1. The molecule has 0 aromatic heterocycles. The molecule has 0 aliphatic rings. The number of nitrogens with two attached hydrogens (primary N) is 1. The van der Waals surface area contributed by atoms with E-state index in [1.807, 2.05) is 25.1 Å². The molecule has 1 aromatic carbocycles. The minimum atomic E-state index is 1.08. The highest BCUT2D eigenvalue weighted by atomic mass is 79.9. The van der Waals surface area contributed by atoms with Crippen LogP contribution in [0.4, 0.5) is 0 Å². The molecule has 0 bridgehead atoms. The van der Waals surface area contributed by atoms with Gasteiger partial charge < -0.3 is 0 Å². The second-order valence-electron chi connectivity index (χ2n) is 2.03. The molecule has 0 radical (unpaired) electrons. The van der Waals surface area contributed by atoms with Crippen LogP contribution in [0.15, 0.2) is 27.6 Å². The highest BCUT2D eigenvalue weighted by Gasteiger charge is 1.95. The first-order valence-electron chi connectivity index (χ1n) is 2.87. The summed E-state index contributed by atoms with van der Waals surface area (Å²) >= 11 is 4.65. The Kier molecular flexibility index (Phi) is 2.77. The third-order valence-corrected chi connectivity index (χ3v) is 2.46. The zero-order valence-electron chi connectivity index (χ0n) is 5.60. The lowest BCUT2D eigenvalue weighted by atomic mass is 10.2. The Hall–Kier alpha value is 0.01000. The molecule has 3 heteroatoms. The van der Waals surface area contributed by atoms with Crippen LogP contribution in [0.25, 0.3) is 0 Å². The van der Waals surface area contributed by atoms with Crippen LogP contribution < -0.4 is 5.14 Å². The van der Waals surface area contributed by atoms with Gasteiger partial charge in [0.1, 0.15) is 0 Å². The van der Waals surface area contributed by atoms with Crippen molar-refractivity contribution < 1.29 is 0 Å². The minimum Gasteiger partial charge on any atom is -0.274 e. The fourth-order valence-corrected chi connectivity index (χ4v) is 1.66. The molecular formula is C7H8BrNS. The van der Waals surface area contributed by atoms with E-state index < -0.39 is 0 Å². The fraction of sp³-hybridized carbons (Fsp3) is 0.143. The normalized spacial score (nSPS) is 9.90. The van der Waals surface area contributed by atoms with Gasteiger partial charge in [0.25, 0.3) is 0 Å². The predicted molar refractivity (Wildman–Crippen MR) is 48.9 cm³/mol. The van der Waals surface area contributed by atoms with Crippen molar-refractivity contribution in [1.82, 2.24) is 0 Å². The van der Waals surface area contributed by atoms with Crippen LogP contribution in [0.2, 0.25) is 0 Å². The first-order valence-corrected chi connectivity index (χ1v) is 4.54. The second-order valence-corrected chi connectivity index (χ2v) is 3.62. The van der Waals surface area contributed by atoms with Crippen molar-refractivity contribution in [2.45, 2.75) is 11.8 Å². The highest BCUT2D eigenvalue weighted by molar-refractivity contribution is 9.10. The summed E-state index contributed by atoms with van der Waals surface area (Å²) in [5.41, 5.74) is 1.22. The van der Waals surface area contributed by atoms with Gasteiger partial charge in [-0.05, 0) is 36.6 Å². The van der Waals surface area contributed by atoms with Crippen molar-refractivity contribution in [3.8, 4) is 0 Å². The maximum atomic E-state index is 5.42. The monoisotopic (exact) mass is 217 g/mol. The average molecular weight is 218 g/mol. The van der Waals surface area contributed by atoms with Gasteiger partial charge in [-0.15, -0.1) is 0 Å². The second kappa shape index (κ2) is 3.42. The molecule has 0 spiro atoms. The Morgan fingerprint density at radius 2 is 2.20 bits per heavy atom. The van der Waals surface area contributed by atoms with Crippen LogP contribution in [-0.2, 0) is 0 Å². The van der Waals surface area contributed by atoms with Crippen molar-refractivity contribution in [3.05, 3.63) is 28.2 Å². The van der Waals surface area contributed by atoms with Crippen LogP contribution in [0.3, 0.4) is 0 Å². The van der Waals surface area contributed by atoms with Crippen LogP contribution in [0, 0.1) is 6.92 Å². The lowest BCUT2D eigenvalue weighted by Gasteiger charge is -2.00. The first kappa shape index (κ1) is 8.11. The van der Waals surface area contributed by atoms with Gasteiger partial charge in [0.05, 0.1) is 0 Å². The van der Waals surface area contributed by atoms with E-state index in [1.165, 1.54) is 17.5 Å². The molecule has 2 N–H and O–H groups in total. The van der Waals surface area contributed by atoms with Crippen molar-refractivity contribution >= 4 is 27.9 Å². The summed E-state index contributed by atoms with van der Waals surface area (Å²) in [5.74, 6) is 0. The van der Waals surface area contributed by atoms with Gasteiger partial charge in [0.2, 0.25) is 0 Å². The zero-order chi connectivity index (χ0) is 7.56. The number of benzene rings is 1. The molecule has 0 saturated heterocycles. The van der Waals surface area contributed by atoms with Gasteiger partial charge in [-0.1, -0.05) is 22.0 Å². The van der Waals surface area contributed by atoms with E-state index in [0.717, 1.165) is 9.37 Å². The topological polar surface area (TPSA) is 26.0 Å². The summed E-state index contributed by atoms with van der Waals surface area (Å²) in [7, 11) is 0. The minimum absolute atomic E-state index is 1.08. The number of hydrogen-bond donors (Lipinski definition) is 1. The first-order chi connectivity index (χ1) is 4.74. The summed E-state index contributed by atoms with van der Waals surface area (Å²) in [5, 5.41) is 5.42. The molecule has 1 rings (SSSR count). The summed E-state index contributed by atoms with van der Waals surface area (Å²) < 4.78 is 1.08. The molecule has 0 amide bonds. The molecule has 0 aliphatic carbocycles. The summed E-state index contributed by atoms with van der Waals surface area (Å²) in [4.78, 5) is 1.12. The molecule has 0 heterocycles. The van der Waals surface area contributed by atoms with Gasteiger partial charge in [0, 0.05) is 9.37 Å². The fourth-order valence-electron chi connectivity index (χ4n) is 0.701. The molecule has 54 valence electrons. The predicted octanol–water partition coefficient (Wildman–Crippen LogP) is 2.72. The standard InChI is InChI=1S/C7H8BrNS/c1-5-2-3-6(8)4-7(5)10-9/h2-4H,9H2,1H3. The molecule has 1 aromatic rings. The number of hydrogen-bond acceptors (Lipinski definition) is 2. The Labute approximate surface area is 73.3 Å². The third kappa shape index (κ3) is 1.75. The lowest BCUT2D eigenvalue weighted by molar-refractivity contribution is 1.29. The van der Waals surface area contributed by atoms with E-state index in [1.54, 1.807) is 0 Å². The maximum Gasteiger partial charge on any atom is 0.0266 e. The molecular weight excluding hydrogens is 210 g/mol. The Morgan fingerprint density at radius 1 is 1.50 bits per heavy atom. The number of aryl methyl sites for hydroxylation is 1. The molecule has 0 unspecified atom stereocenters. The lowest BCUT2D eigenvalue weighted by Crippen LogP contribution is -1.83. The van der Waals surface area contributed by atoms with E-state index >= 15 is 0 Å². The van der Waals surface area contributed by atoms with Gasteiger partial charge in [-0.2, -0.15) is 0 Å². The Morgan fingerprint density at radius 3 is 2.70 bits per heavy atom. The highest BCUT2D eigenvalue weighted by Crippen LogP contribution is 2.21. The Balaban J connectivity index is 3.09. The smallest absolute Gasteiger partial charge is 0.0266 e. The molecule has 10 heavy (non-hydrogen) atoms. The summed E-state index contributed by atoms with van der Waals surface area (Å²) in [6, 6.07) is 6.06. The van der Waals surface area contributed by atoms with Crippen molar-refractivity contribution in [1.29, 1.82) is 0 Å². The zero-order valence-corrected chi connectivity index (χ0v) is 8.00. The molecule has 1 nitrogen and oxygen atoms in total. The van der Waals surface area contributed by atoms with E-state index in [2.05, 4.69) is 15.9 Å². The maximum absolute atomic E-state index is 5.42. The van der Waals surface area contributed by atoms with E-state index in [-0.39, 0.29) is 0 Å². The SMILES string of the molecule is Cc1ccc(Br)cc1SN. The van der Waals surface area contributed by atoms with Gasteiger partial charge >= 0.3 is 0 Å². The van der Waals surface area contributed by atoms with Crippen molar-refractivity contribution in [3.63, 3.8) is 0 Å². The van der Waals surface area contributed by atoms with Crippen LogP contribution in [0.5, 0.6) is 0 Å². The van der Waals surface area contributed by atoms with Gasteiger partial charge in [-0.25, -0.2) is 0 Å². The molecule has 0 fully saturated rings.